The highest BCUT2D eigenvalue weighted by Crippen LogP contribution is 2.39. The summed E-state index contributed by atoms with van der Waals surface area (Å²) in [5, 5.41) is 10.8. The topological polar surface area (TPSA) is 29.5 Å². The van der Waals surface area contributed by atoms with Crippen molar-refractivity contribution < 1.29 is 9.84 Å². The Kier molecular flexibility index (Phi) is 4.51. The van der Waals surface area contributed by atoms with E-state index >= 15 is 0 Å². The molecule has 1 aliphatic carbocycles. The second kappa shape index (κ2) is 5.96. The van der Waals surface area contributed by atoms with Gasteiger partial charge in [-0.05, 0) is 57.2 Å². The van der Waals surface area contributed by atoms with Crippen molar-refractivity contribution in [3.8, 4) is 5.75 Å². The second-order valence-electron chi connectivity index (χ2n) is 6.17. The molecule has 2 rings (SSSR count). The van der Waals surface area contributed by atoms with Crippen LogP contribution < -0.4 is 4.74 Å². The van der Waals surface area contributed by atoms with E-state index in [9.17, 15) is 5.11 Å². The Morgan fingerprint density at radius 2 is 1.68 bits per heavy atom. The molecule has 19 heavy (non-hydrogen) atoms. The van der Waals surface area contributed by atoms with Gasteiger partial charge in [0.2, 0.25) is 0 Å². The molecule has 1 aromatic rings. The number of aliphatic hydroxyl groups is 1. The van der Waals surface area contributed by atoms with Crippen LogP contribution in [0.1, 0.15) is 58.4 Å². The van der Waals surface area contributed by atoms with Crippen molar-refractivity contribution in [3.05, 3.63) is 29.8 Å². The number of rotatable bonds is 4. The van der Waals surface area contributed by atoms with Crippen LogP contribution >= 0.6 is 0 Å². The van der Waals surface area contributed by atoms with Gasteiger partial charge < -0.3 is 9.84 Å². The van der Waals surface area contributed by atoms with Gasteiger partial charge in [0, 0.05) is 0 Å². The zero-order valence-corrected chi connectivity index (χ0v) is 12.4. The van der Waals surface area contributed by atoms with Crippen molar-refractivity contribution in [2.75, 3.05) is 0 Å². The van der Waals surface area contributed by atoms with Gasteiger partial charge in [-0.3, -0.25) is 0 Å². The lowest BCUT2D eigenvalue weighted by molar-refractivity contribution is -0.0215. The Bertz CT molecular complexity index is 386. The SMILES string of the molecule is CC(C)Oc1ccc(C(C)(O)C2CCCCC2)cc1. The highest BCUT2D eigenvalue weighted by molar-refractivity contribution is 5.31. The largest absolute Gasteiger partial charge is 0.491 e. The van der Waals surface area contributed by atoms with Gasteiger partial charge in [-0.1, -0.05) is 31.4 Å². The molecule has 0 radical (unpaired) electrons. The lowest BCUT2D eigenvalue weighted by atomic mass is 9.74. The van der Waals surface area contributed by atoms with Crippen LogP contribution in [0.5, 0.6) is 5.75 Å². The Morgan fingerprint density at radius 3 is 2.21 bits per heavy atom. The molecule has 2 heteroatoms. The third kappa shape index (κ3) is 3.50. The van der Waals surface area contributed by atoms with Crippen molar-refractivity contribution >= 4 is 0 Å². The lowest BCUT2D eigenvalue weighted by Crippen LogP contribution is -2.33. The number of ether oxygens (including phenoxy) is 1. The first kappa shape index (κ1) is 14.4. The first-order valence-electron chi connectivity index (χ1n) is 7.49. The third-order valence-electron chi connectivity index (χ3n) is 4.21. The molecule has 0 spiro atoms. The first-order valence-corrected chi connectivity index (χ1v) is 7.49. The Labute approximate surface area is 116 Å². The zero-order chi connectivity index (χ0) is 13.9. The fourth-order valence-corrected chi connectivity index (χ4v) is 3.04. The monoisotopic (exact) mass is 262 g/mol. The van der Waals surface area contributed by atoms with E-state index in [0.717, 1.165) is 24.2 Å². The van der Waals surface area contributed by atoms with Gasteiger partial charge in [-0.2, -0.15) is 0 Å². The maximum absolute atomic E-state index is 10.8. The van der Waals surface area contributed by atoms with Crippen LogP contribution in [0.25, 0.3) is 0 Å². The Hall–Kier alpha value is -1.02. The maximum Gasteiger partial charge on any atom is 0.119 e. The molecule has 1 aliphatic rings. The molecular formula is C17H26O2. The van der Waals surface area contributed by atoms with Crippen LogP contribution in [-0.4, -0.2) is 11.2 Å². The number of hydrogen-bond donors (Lipinski definition) is 1. The molecule has 0 amide bonds. The second-order valence-corrected chi connectivity index (χ2v) is 6.17. The third-order valence-corrected chi connectivity index (χ3v) is 4.21. The van der Waals surface area contributed by atoms with Crippen molar-refractivity contribution in [3.63, 3.8) is 0 Å². The van der Waals surface area contributed by atoms with Crippen LogP contribution in [0, 0.1) is 5.92 Å². The lowest BCUT2D eigenvalue weighted by Gasteiger charge is -2.36. The van der Waals surface area contributed by atoms with Crippen molar-refractivity contribution in [1.29, 1.82) is 0 Å². The van der Waals surface area contributed by atoms with Crippen molar-refractivity contribution in [2.24, 2.45) is 5.92 Å². The first-order chi connectivity index (χ1) is 9.00. The van der Waals surface area contributed by atoms with Gasteiger partial charge in [0.05, 0.1) is 11.7 Å². The van der Waals surface area contributed by atoms with Crippen LogP contribution in [0.4, 0.5) is 0 Å². The smallest absolute Gasteiger partial charge is 0.119 e. The van der Waals surface area contributed by atoms with E-state index < -0.39 is 5.60 Å². The molecular weight excluding hydrogens is 236 g/mol. The molecule has 0 aliphatic heterocycles. The molecule has 2 nitrogen and oxygen atoms in total. The van der Waals surface area contributed by atoms with E-state index in [0.29, 0.717) is 5.92 Å². The van der Waals surface area contributed by atoms with Gasteiger partial charge in [0.25, 0.3) is 0 Å². The van der Waals surface area contributed by atoms with Gasteiger partial charge in [-0.15, -0.1) is 0 Å². The average molecular weight is 262 g/mol. The highest BCUT2D eigenvalue weighted by atomic mass is 16.5. The summed E-state index contributed by atoms with van der Waals surface area (Å²) in [5.74, 6) is 1.26. The maximum atomic E-state index is 10.8. The van der Waals surface area contributed by atoms with E-state index in [4.69, 9.17) is 4.74 Å². The summed E-state index contributed by atoms with van der Waals surface area (Å²) in [4.78, 5) is 0. The molecule has 0 saturated heterocycles. The minimum absolute atomic E-state index is 0.185. The molecule has 1 aromatic carbocycles. The molecule has 1 atom stereocenters. The van der Waals surface area contributed by atoms with E-state index in [1.807, 2.05) is 45.0 Å². The van der Waals surface area contributed by atoms with Gasteiger partial charge in [-0.25, -0.2) is 0 Å². The predicted octanol–water partition coefficient (Wildman–Crippen LogP) is 4.26. The van der Waals surface area contributed by atoms with E-state index in [2.05, 4.69) is 0 Å². The molecule has 1 fully saturated rings. The number of hydrogen-bond acceptors (Lipinski definition) is 2. The molecule has 1 N–H and O–H groups in total. The van der Waals surface area contributed by atoms with Crippen molar-refractivity contribution in [1.82, 2.24) is 0 Å². The standard InChI is InChI=1S/C17H26O2/c1-13(2)19-16-11-9-15(10-12-16)17(3,18)14-7-5-4-6-8-14/h9-14,18H,4-8H2,1-3H3. The summed E-state index contributed by atoms with van der Waals surface area (Å²) >= 11 is 0. The average Bonchev–Trinajstić information content (AvgIpc) is 2.40. The minimum Gasteiger partial charge on any atom is -0.491 e. The van der Waals surface area contributed by atoms with Crippen LogP contribution in [-0.2, 0) is 5.60 Å². The Balaban J connectivity index is 2.11. The molecule has 106 valence electrons. The highest BCUT2D eigenvalue weighted by Gasteiger charge is 2.34. The normalized spacial score (nSPS) is 20.3. The summed E-state index contributed by atoms with van der Waals surface area (Å²) < 4.78 is 5.65. The molecule has 1 unspecified atom stereocenters. The molecule has 1 saturated carbocycles. The predicted molar refractivity (Wildman–Crippen MR) is 78.4 cm³/mol. The van der Waals surface area contributed by atoms with Gasteiger partial charge in [0.1, 0.15) is 5.75 Å². The van der Waals surface area contributed by atoms with Gasteiger partial charge in [0.15, 0.2) is 0 Å². The summed E-state index contributed by atoms with van der Waals surface area (Å²) in [6.45, 7) is 6.00. The van der Waals surface area contributed by atoms with Crippen LogP contribution in [0.2, 0.25) is 0 Å². The van der Waals surface area contributed by atoms with E-state index in [1.165, 1.54) is 19.3 Å². The summed E-state index contributed by atoms with van der Waals surface area (Å²) in [6.07, 6.45) is 6.26. The molecule has 0 bridgehead atoms. The van der Waals surface area contributed by atoms with Crippen molar-refractivity contribution in [2.45, 2.75) is 64.6 Å². The number of benzene rings is 1. The molecule has 0 aromatic heterocycles. The summed E-state index contributed by atoms with van der Waals surface area (Å²) in [5.41, 5.74) is 0.298. The quantitative estimate of drug-likeness (QED) is 0.878. The Morgan fingerprint density at radius 1 is 1.11 bits per heavy atom. The zero-order valence-electron chi connectivity index (χ0n) is 12.4. The fourth-order valence-electron chi connectivity index (χ4n) is 3.04. The summed E-state index contributed by atoms with van der Waals surface area (Å²) in [6, 6.07) is 7.94. The van der Waals surface area contributed by atoms with Crippen LogP contribution in [0.15, 0.2) is 24.3 Å². The molecule has 0 heterocycles. The fraction of sp³-hybridized carbons (Fsp3) is 0.647. The van der Waals surface area contributed by atoms with Gasteiger partial charge >= 0.3 is 0 Å². The summed E-state index contributed by atoms with van der Waals surface area (Å²) in [7, 11) is 0. The minimum atomic E-state index is -0.712. The van der Waals surface area contributed by atoms with E-state index in [1.54, 1.807) is 0 Å². The van der Waals surface area contributed by atoms with E-state index in [-0.39, 0.29) is 6.10 Å². The van der Waals surface area contributed by atoms with Crippen LogP contribution in [0.3, 0.4) is 0 Å².